The van der Waals surface area contributed by atoms with Gasteiger partial charge in [0.25, 0.3) is 5.91 Å². The van der Waals surface area contributed by atoms with Crippen molar-refractivity contribution in [2.45, 2.75) is 0 Å². The normalized spacial score (nSPS) is 10.4. The molecule has 5 heteroatoms. The number of rotatable bonds is 3. The van der Waals surface area contributed by atoms with Gasteiger partial charge < -0.3 is 4.57 Å². The molecule has 0 aliphatic heterocycles. The van der Waals surface area contributed by atoms with Crippen molar-refractivity contribution in [2.75, 3.05) is 14.2 Å². The zero-order chi connectivity index (χ0) is 13.1. The molecule has 1 amide bonds. The minimum atomic E-state index is -0.220. The van der Waals surface area contributed by atoms with Crippen molar-refractivity contribution in [3.8, 4) is 5.69 Å². The van der Waals surface area contributed by atoms with Crippen molar-refractivity contribution in [3.05, 3.63) is 53.3 Å². The first-order valence-corrected chi connectivity index (χ1v) is 5.76. The number of aromatic nitrogens is 1. The van der Waals surface area contributed by atoms with Crippen molar-refractivity contribution >= 4 is 17.5 Å². The van der Waals surface area contributed by atoms with Crippen LogP contribution in [0.2, 0.25) is 5.02 Å². The van der Waals surface area contributed by atoms with E-state index < -0.39 is 0 Å². The molecule has 4 nitrogen and oxygen atoms in total. The quantitative estimate of drug-likeness (QED) is 0.799. The molecule has 94 valence electrons. The van der Waals surface area contributed by atoms with E-state index in [4.69, 9.17) is 16.4 Å². The number of carbonyl (C=O) groups excluding carboxylic acids is 1. The van der Waals surface area contributed by atoms with Crippen molar-refractivity contribution in [3.63, 3.8) is 0 Å². The maximum absolute atomic E-state index is 12.0. The van der Waals surface area contributed by atoms with Gasteiger partial charge in [0.1, 0.15) is 0 Å². The summed E-state index contributed by atoms with van der Waals surface area (Å²) in [4.78, 5) is 16.8. The fraction of sp³-hybridized carbons (Fsp3) is 0.154. The fourth-order valence-corrected chi connectivity index (χ4v) is 1.82. The smallest absolute Gasteiger partial charge is 0.277 e. The van der Waals surface area contributed by atoms with E-state index in [1.54, 1.807) is 25.2 Å². The van der Waals surface area contributed by atoms with Crippen LogP contribution in [0.4, 0.5) is 0 Å². The van der Waals surface area contributed by atoms with Crippen LogP contribution in [0.15, 0.2) is 42.7 Å². The van der Waals surface area contributed by atoms with Crippen molar-refractivity contribution in [1.82, 2.24) is 9.63 Å². The summed E-state index contributed by atoms with van der Waals surface area (Å²) in [6.45, 7) is 0. The summed E-state index contributed by atoms with van der Waals surface area (Å²) in [6, 6.07) is 8.90. The number of hydrogen-bond donors (Lipinski definition) is 0. The van der Waals surface area contributed by atoms with Crippen LogP contribution < -0.4 is 0 Å². The molecule has 1 aromatic carbocycles. The van der Waals surface area contributed by atoms with E-state index in [1.165, 1.54) is 12.2 Å². The Morgan fingerprint density at radius 2 is 2.00 bits per heavy atom. The average molecular weight is 265 g/mol. The Hall–Kier alpha value is -1.78. The lowest BCUT2D eigenvalue weighted by Gasteiger charge is -2.15. The molecule has 0 aliphatic rings. The van der Waals surface area contributed by atoms with Crippen LogP contribution in [0.5, 0.6) is 0 Å². The number of hydrogen-bond acceptors (Lipinski definition) is 2. The van der Waals surface area contributed by atoms with Crippen molar-refractivity contribution in [2.24, 2.45) is 0 Å². The van der Waals surface area contributed by atoms with Crippen LogP contribution in [0.25, 0.3) is 5.69 Å². The Morgan fingerprint density at radius 3 is 2.61 bits per heavy atom. The van der Waals surface area contributed by atoms with Crippen LogP contribution in [0.1, 0.15) is 10.4 Å². The summed E-state index contributed by atoms with van der Waals surface area (Å²) in [5.74, 6) is -0.220. The van der Waals surface area contributed by atoms with Gasteiger partial charge in [-0.3, -0.25) is 9.63 Å². The Balaban J connectivity index is 2.41. The molecule has 1 heterocycles. The maximum atomic E-state index is 12.0. The maximum Gasteiger partial charge on any atom is 0.277 e. The average Bonchev–Trinajstić information content (AvgIpc) is 2.91. The number of carbonyl (C=O) groups is 1. The van der Waals surface area contributed by atoms with Crippen molar-refractivity contribution < 1.29 is 9.63 Å². The number of nitrogens with zero attached hydrogens (tertiary/aromatic N) is 2. The molecule has 0 spiro atoms. The summed E-state index contributed by atoms with van der Waals surface area (Å²) in [5.41, 5.74) is 1.28. The monoisotopic (exact) mass is 264 g/mol. The summed E-state index contributed by atoms with van der Waals surface area (Å²) in [6.07, 6.45) is 3.74. The van der Waals surface area contributed by atoms with Crippen LogP contribution >= 0.6 is 11.6 Å². The van der Waals surface area contributed by atoms with E-state index in [-0.39, 0.29) is 5.91 Å². The fourth-order valence-electron chi connectivity index (χ4n) is 1.60. The number of amides is 1. The van der Waals surface area contributed by atoms with E-state index in [2.05, 4.69) is 0 Å². The third-order valence-corrected chi connectivity index (χ3v) is 2.96. The Morgan fingerprint density at radius 1 is 1.33 bits per heavy atom. The lowest BCUT2D eigenvalue weighted by molar-refractivity contribution is -0.0756. The van der Waals surface area contributed by atoms with Crippen molar-refractivity contribution in [1.29, 1.82) is 0 Å². The summed E-state index contributed by atoms with van der Waals surface area (Å²) >= 11 is 6.13. The van der Waals surface area contributed by atoms with E-state index in [1.807, 2.05) is 29.1 Å². The van der Waals surface area contributed by atoms with E-state index in [0.29, 0.717) is 10.6 Å². The zero-order valence-electron chi connectivity index (χ0n) is 10.1. The molecule has 0 saturated carbocycles. The first-order valence-electron chi connectivity index (χ1n) is 5.38. The molecule has 0 saturated heterocycles. The largest absolute Gasteiger partial charge is 0.322 e. The lowest BCUT2D eigenvalue weighted by Crippen LogP contribution is -2.25. The molecule has 1 aromatic heterocycles. The zero-order valence-corrected chi connectivity index (χ0v) is 10.9. The van der Waals surface area contributed by atoms with Gasteiger partial charge in [-0.2, -0.15) is 0 Å². The topological polar surface area (TPSA) is 34.5 Å². The van der Waals surface area contributed by atoms with Crippen LogP contribution in [-0.2, 0) is 4.84 Å². The second kappa shape index (κ2) is 5.25. The molecular formula is C13H13ClN2O2. The van der Waals surface area contributed by atoms with Gasteiger partial charge in [-0.25, -0.2) is 5.06 Å². The molecule has 2 rings (SSSR count). The number of halogens is 1. The van der Waals surface area contributed by atoms with E-state index in [9.17, 15) is 4.79 Å². The second-order valence-electron chi connectivity index (χ2n) is 3.74. The molecule has 2 aromatic rings. The molecule has 0 unspecified atom stereocenters. The van der Waals surface area contributed by atoms with E-state index >= 15 is 0 Å². The molecule has 18 heavy (non-hydrogen) atoms. The highest BCUT2D eigenvalue weighted by atomic mass is 35.5. The highest BCUT2D eigenvalue weighted by Gasteiger charge is 2.13. The summed E-state index contributed by atoms with van der Waals surface area (Å²) in [7, 11) is 3.01. The van der Waals surface area contributed by atoms with Gasteiger partial charge in [0, 0.05) is 25.0 Å². The van der Waals surface area contributed by atoms with Gasteiger partial charge in [-0.1, -0.05) is 11.6 Å². The third kappa shape index (κ3) is 2.39. The number of hydroxylamine groups is 2. The van der Waals surface area contributed by atoms with Gasteiger partial charge in [-0.05, 0) is 30.3 Å². The van der Waals surface area contributed by atoms with Crippen LogP contribution in [0, 0.1) is 0 Å². The molecule has 0 radical (unpaired) electrons. The highest BCUT2D eigenvalue weighted by Crippen LogP contribution is 2.22. The third-order valence-electron chi connectivity index (χ3n) is 2.64. The molecule has 0 aliphatic carbocycles. The van der Waals surface area contributed by atoms with E-state index in [0.717, 1.165) is 5.69 Å². The van der Waals surface area contributed by atoms with Gasteiger partial charge in [0.05, 0.1) is 17.8 Å². The lowest BCUT2D eigenvalue weighted by atomic mass is 10.2. The number of benzene rings is 1. The van der Waals surface area contributed by atoms with Gasteiger partial charge in [0.15, 0.2) is 0 Å². The summed E-state index contributed by atoms with van der Waals surface area (Å²) in [5, 5.41) is 1.76. The predicted molar refractivity (Wildman–Crippen MR) is 69.9 cm³/mol. The van der Waals surface area contributed by atoms with Gasteiger partial charge in [-0.15, -0.1) is 0 Å². The molecule has 0 bridgehead atoms. The standard InChI is InChI=1S/C13H13ClN2O2/c1-15(18-2)13(17)10-5-6-11(14)12(9-10)16-7-3-4-8-16/h3-9H,1-2H3. The first-order chi connectivity index (χ1) is 8.63. The SMILES string of the molecule is CON(C)C(=O)c1ccc(Cl)c(-n2cccc2)c1. The molecule has 0 N–H and O–H groups in total. The van der Waals surface area contributed by atoms with Gasteiger partial charge >= 0.3 is 0 Å². The Labute approximate surface area is 110 Å². The predicted octanol–water partition coefficient (Wildman–Crippen LogP) is 2.76. The second-order valence-corrected chi connectivity index (χ2v) is 4.15. The Kier molecular flexibility index (Phi) is 3.69. The first kappa shape index (κ1) is 12.7. The summed E-state index contributed by atoms with van der Waals surface area (Å²) < 4.78 is 1.85. The van der Waals surface area contributed by atoms with Gasteiger partial charge in [0.2, 0.25) is 0 Å². The molecule has 0 atom stereocenters. The minimum absolute atomic E-state index is 0.220. The minimum Gasteiger partial charge on any atom is -0.322 e. The molecular weight excluding hydrogens is 252 g/mol. The highest BCUT2D eigenvalue weighted by molar-refractivity contribution is 6.32. The Bertz CT molecular complexity index is 552. The van der Waals surface area contributed by atoms with Crippen LogP contribution in [0.3, 0.4) is 0 Å². The van der Waals surface area contributed by atoms with Crippen LogP contribution in [-0.4, -0.2) is 29.7 Å². The molecule has 0 fully saturated rings.